The summed E-state index contributed by atoms with van der Waals surface area (Å²) in [6.07, 6.45) is 0. The maximum atomic E-state index is 12.0. The van der Waals surface area contributed by atoms with Crippen molar-refractivity contribution < 1.29 is 10.2 Å². The minimum absolute atomic E-state index is 0.156. The van der Waals surface area contributed by atoms with Crippen LogP contribution in [0.1, 0.15) is 16.7 Å². The van der Waals surface area contributed by atoms with E-state index in [0.29, 0.717) is 22.3 Å². The van der Waals surface area contributed by atoms with Gasteiger partial charge in [-0.25, -0.2) is 0 Å². The minimum atomic E-state index is 0.156. The summed E-state index contributed by atoms with van der Waals surface area (Å²) in [5.74, 6) is 0.314. The Labute approximate surface area is 206 Å². The average molecular weight is 457 g/mol. The van der Waals surface area contributed by atoms with Crippen LogP contribution in [0.25, 0.3) is 44.5 Å². The second-order valence-corrected chi connectivity index (χ2v) is 9.16. The van der Waals surface area contributed by atoms with Crippen molar-refractivity contribution in [3.05, 3.63) is 120 Å². The van der Waals surface area contributed by atoms with Gasteiger partial charge in [-0.2, -0.15) is 0 Å². The Bertz CT molecular complexity index is 1480. The number of hydrogen-bond donors (Lipinski definition) is 2. The van der Waals surface area contributed by atoms with Gasteiger partial charge in [0.2, 0.25) is 0 Å². The van der Waals surface area contributed by atoms with E-state index in [-0.39, 0.29) is 11.5 Å². The van der Waals surface area contributed by atoms with Crippen molar-refractivity contribution in [2.75, 3.05) is 0 Å². The Hall–Kier alpha value is -4.30. The molecule has 0 aliphatic heterocycles. The Morgan fingerprint density at radius 2 is 0.600 bits per heavy atom. The fourth-order valence-electron chi connectivity index (χ4n) is 4.61. The third kappa shape index (κ3) is 4.20. The molecule has 2 N–H and O–H groups in total. The van der Waals surface area contributed by atoms with Crippen molar-refractivity contribution in [1.82, 2.24) is 0 Å². The normalized spacial score (nSPS) is 10.9. The monoisotopic (exact) mass is 456 g/mol. The van der Waals surface area contributed by atoms with E-state index in [1.807, 2.05) is 124 Å². The standard InChI is InChI=1S/C33H28O2/c1-21-9-15-25(16-10-21)29-28(24-7-5-4-6-8-24)32(34)30(26-17-11-22(2)12-18-26)31(33(29)35)27-19-13-23(3)14-20-27/h4-20,34-35H,1-3H3. The first-order valence-electron chi connectivity index (χ1n) is 11.8. The number of aromatic hydroxyl groups is 2. The molecule has 0 saturated carbocycles. The van der Waals surface area contributed by atoms with Crippen LogP contribution in [-0.4, -0.2) is 10.2 Å². The zero-order chi connectivity index (χ0) is 24.5. The summed E-state index contributed by atoms with van der Waals surface area (Å²) in [6, 6.07) is 34.0. The fourth-order valence-corrected chi connectivity index (χ4v) is 4.61. The van der Waals surface area contributed by atoms with Crippen LogP contribution in [-0.2, 0) is 0 Å². The lowest BCUT2D eigenvalue weighted by Gasteiger charge is -2.23. The summed E-state index contributed by atoms with van der Waals surface area (Å²) < 4.78 is 0. The molecule has 0 bridgehead atoms. The molecule has 0 aromatic heterocycles. The second kappa shape index (κ2) is 9.15. The Morgan fingerprint density at radius 3 is 0.886 bits per heavy atom. The van der Waals surface area contributed by atoms with E-state index < -0.39 is 0 Å². The van der Waals surface area contributed by atoms with E-state index in [0.717, 1.165) is 38.9 Å². The van der Waals surface area contributed by atoms with Crippen molar-refractivity contribution in [2.24, 2.45) is 0 Å². The van der Waals surface area contributed by atoms with Crippen molar-refractivity contribution in [2.45, 2.75) is 20.8 Å². The lowest BCUT2D eigenvalue weighted by Crippen LogP contribution is -1.96. The van der Waals surface area contributed by atoms with Crippen molar-refractivity contribution in [3.8, 4) is 56.0 Å². The van der Waals surface area contributed by atoms with Gasteiger partial charge in [0, 0.05) is 22.3 Å². The zero-order valence-corrected chi connectivity index (χ0v) is 20.2. The largest absolute Gasteiger partial charge is 0.507 e. The molecule has 5 rings (SSSR count). The first kappa shape index (κ1) is 22.5. The molecule has 0 amide bonds. The predicted octanol–water partition coefficient (Wildman–Crippen LogP) is 8.69. The van der Waals surface area contributed by atoms with Gasteiger partial charge in [-0.3, -0.25) is 0 Å². The van der Waals surface area contributed by atoms with Crippen molar-refractivity contribution in [3.63, 3.8) is 0 Å². The number of aryl methyl sites for hydroxylation is 3. The van der Waals surface area contributed by atoms with E-state index >= 15 is 0 Å². The van der Waals surface area contributed by atoms with E-state index in [2.05, 4.69) is 0 Å². The third-order valence-electron chi connectivity index (χ3n) is 6.53. The predicted molar refractivity (Wildman–Crippen MR) is 146 cm³/mol. The van der Waals surface area contributed by atoms with Gasteiger partial charge in [0.1, 0.15) is 11.5 Å². The van der Waals surface area contributed by atoms with Crippen molar-refractivity contribution >= 4 is 0 Å². The number of benzene rings is 5. The van der Waals surface area contributed by atoms with Gasteiger partial charge in [0.15, 0.2) is 0 Å². The highest BCUT2D eigenvalue weighted by molar-refractivity contribution is 6.04. The van der Waals surface area contributed by atoms with Gasteiger partial charge in [0.05, 0.1) is 0 Å². The summed E-state index contributed by atoms with van der Waals surface area (Å²) >= 11 is 0. The molecule has 0 unspecified atom stereocenters. The van der Waals surface area contributed by atoms with Crippen LogP contribution in [0, 0.1) is 20.8 Å². The number of phenolic OH excluding ortho intramolecular Hbond substituents is 2. The van der Waals surface area contributed by atoms with E-state index in [4.69, 9.17) is 0 Å². The molecular weight excluding hydrogens is 428 g/mol. The highest BCUT2D eigenvalue weighted by Crippen LogP contribution is 2.55. The molecule has 0 saturated heterocycles. The molecule has 0 radical (unpaired) electrons. The lowest BCUT2D eigenvalue weighted by atomic mass is 9.83. The molecule has 2 heteroatoms. The SMILES string of the molecule is Cc1ccc(-c2c(O)c(-c3ccc(C)cc3)c(-c3ccc(C)cc3)c(O)c2-c2ccccc2)cc1. The Balaban J connectivity index is 1.95. The van der Waals surface area contributed by atoms with Gasteiger partial charge in [-0.1, -0.05) is 120 Å². The average Bonchev–Trinajstić information content (AvgIpc) is 2.87. The molecule has 0 spiro atoms. The molecular formula is C33H28O2. The van der Waals surface area contributed by atoms with Gasteiger partial charge >= 0.3 is 0 Å². The van der Waals surface area contributed by atoms with Crippen LogP contribution in [0.15, 0.2) is 103 Å². The molecule has 0 heterocycles. The van der Waals surface area contributed by atoms with Crippen LogP contribution in [0.3, 0.4) is 0 Å². The molecule has 0 fully saturated rings. The van der Waals surface area contributed by atoms with Crippen LogP contribution >= 0.6 is 0 Å². The Kier molecular flexibility index (Phi) is 5.88. The highest BCUT2D eigenvalue weighted by atomic mass is 16.3. The van der Waals surface area contributed by atoms with E-state index in [1.165, 1.54) is 0 Å². The first-order valence-corrected chi connectivity index (χ1v) is 11.8. The fraction of sp³-hybridized carbons (Fsp3) is 0.0909. The number of hydrogen-bond acceptors (Lipinski definition) is 2. The lowest BCUT2D eigenvalue weighted by molar-refractivity contribution is 0.467. The van der Waals surface area contributed by atoms with Crippen LogP contribution < -0.4 is 0 Å². The van der Waals surface area contributed by atoms with E-state index in [9.17, 15) is 10.2 Å². The first-order chi connectivity index (χ1) is 16.9. The highest BCUT2D eigenvalue weighted by Gasteiger charge is 2.27. The van der Waals surface area contributed by atoms with Gasteiger partial charge < -0.3 is 10.2 Å². The summed E-state index contributed by atoms with van der Waals surface area (Å²) in [6.45, 7) is 6.12. The van der Waals surface area contributed by atoms with Crippen molar-refractivity contribution in [1.29, 1.82) is 0 Å². The smallest absolute Gasteiger partial charge is 0.132 e. The molecule has 5 aromatic rings. The quantitative estimate of drug-likeness (QED) is 0.266. The number of phenols is 2. The van der Waals surface area contributed by atoms with Crippen LogP contribution in [0.2, 0.25) is 0 Å². The second-order valence-electron chi connectivity index (χ2n) is 9.16. The molecule has 0 aliphatic carbocycles. The summed E-state index contributed by atoms with van der Waals surface area (Å²) in [5.41, 5.74) is 9.31. The third-order valence-corrected chi connectivity index (χ3v) is 6.53. The van der Waals surface area contributed by atoms with E-state index in [1.54, 1.807) is 0 Å². The molecule has 5 aromatic carbocycles. The zero-order valence-electron chi connectivity index (χ0n) is 20.2. The molecule has 0 atom stereocenters. The molecule has 0 aliphatic rings. The maximum absolute atomic E-state index is 12.0. The number of rotatable bonds is 4. The maximum Gasteiger partial charge on any atom is 0.132 e. The van der Waals surface area contributed by atoms with Gasteiger partial charge in [0.25, 0.3) is 0 Å². The topological polar surface area (TPSA) is 40.5 Å². The summed E-state index contributed by atoms with van der Waals surface area (Å²) in [4.78, 5) is 0. The summed E-state index contributed by atoms with van der Waals surface area (Å²) in [5, 5.41) is 24.0. The van der Waals surface area contributed by atoms with Gasteiger partial charge in [-0.15, -0.1) is 0 Å². The van der Waals surface area contributed by atoms with Crippen LogP contribution in [0.4, 0.5) is 0 Å². The van der Waals surface area contributed by atoms with Crippen LogP contribution in [0.5, 0.6) is 11.5 Å². The minimum Gasteiger partial charge on any atom is -0.507 e. The molecule has 35 heavy (non-hydrogen) atoms. The molecule has 172 valence electrons. The summed E-state index contributed by atoms with van der Waals surface area (Å²) in [7, 11) is 0. The Morgan fingerprint density at radius 1 is 0.343 bits per heavy atom. The van der Waals surface area contributed by atoms with Gasteiger partial charge in [-0.05, 0) is 43.0 Å². The molecule has 2 nitrogen and oxygen atoms in total.